The normalized spacial score (nSPS) is 10.2. The third-order valence-corrected chi connectivity index (χ3v) is 2.25. The van der Waals surface area contributed by atoms with Gasteiger partial charge in [-0.3, -0.25) is 9.36 Å². The van der Waals surface area contributed by atoms with Gasteiger partial charge in [0.1, 0.15) is 0 Å². The van der Waals surface area contributed by atoms with E-state index in [0.717, 1.165) is 5.69 Å². The van der Waals surface area contributed by atoms with Gasteiger partial charge in [0.2, 0.25) is 0 Å². The van der Waals surface area contributed by atoms with Crippen LogP contribution in [0.15, 0.2) is 42.7 Å². The highest BCUT2D eigenvalue weighted by atomic mass is 16.1. The lowest BCUT2D eigenvalue weighted by atomic mass is 10.2. The van der Waals surface area contributed by atoms with E-state index in [1.54, 1.807) is 12.4 Å². The zero-order valence-corrected chi connectivity index (χ0v) is 8.55. The Hall–Kier alpha value is -1.90. The molecule has 0 spiro atoms. The van der Waals surface area contributed by atoms with Crippen molar-refractivity contribution >= 4 is 5.78 Å². The van der Waals surface area contributed by atoms with E-state index in [9.17, 15) is 4.79 Å². The molecule has 0 saturated carbocycles. The van der Waals surface area contributed by atoms with E-state index in [2.05, 4.69) is 4.98 Å². The molecule has 1 aromatic carbocycles. The molecule has 0 N–H and O–H groups in total. The summed E-state index contributed by atoms with van der Waals surface area (Å²) in [6.07, 6.45) is 3.93. The van der Waals surface area contributed by atoms with E-state index in [0.29, 0.717) is 12.2 Å². The van der Waals surface area contributed by atoms with Crippen LogP contribution < -0.4 is 0 Å². The van der Waals surface area contributed by atoms with Crippen LogP contribution in [0.2, 0.25) is 0 Å². The quantitative estimate of drug-likeness (QED) is 0.713. The summed E-state index contributed by atoms with van der Waals surface area (Å²) in [7, 11) is 0. The second kappa shape index (κ2) is 4.09. The third kappa shape index (κ3) is 1.81. The second-order valence-electron chi connectivity index (χ2n) is 3.23. The molecule has 0 aliphatic rings. The number of para-hydroxylation sites is 1. The van der Waals surface area contributed by atoms with Crippen LogP contribution in [0.5, 0.6) is 0 Å². The highest BCUT2D eigenvalue weighted by Crippen LogP contribution is 2.11. The summed E-state index contributed by atoms with van der Waals surface area (Å²) >= 11 is 0. The molecule has 2 rings (SSSR count). The second-order valence-corrected chi connectivity index (χ2v) is 3.23. The molecule has 2 aromatic rings. The van der Waals surface area contributed by atoms with Crippen LogP contribution >= 0.6 is 0 Å². The highest BCUT2D eigenvalue weighted by molar-refractivity contribution is 5.93. The molecule has 0 bridgehead atoms. The van der Waals surface area contributed by atoms with Gasteiger partial charge in [-0.1, -0.05) is 25.1 Å². The van der Waals surface area contributed by atoms with Crippen molar-refractivity contribution in [1.82, 2.24) is 9.55 Å². The van der Waals surface area contributed by atoms with E-state index in [1.165, 1.54) is 0 Å². The van der Waals surface area contributed by atoms with Crippen LogP contribution in [0, 0.1) is 0 Å². The Bertz CT molecular complexity index is 459. The van der Waals surface area contributed by atoms with Gasteiger partial charge in [-0.2, -0.15) is 0 Å². The number of carbonyl (C=O) groups is 1. The van der Waals surface area contributed by atoms with Gasteiger partial charge in [-0.05, 0) is 12.1 Å². The maximum Gasteiger partial charge on any atom is 0.198 e. The van der Waals surface area contributed by atoms with E-state index < -0.39 is 0 Å². The van der Waals surface area contributed by atoms with Gasteiger partial charge in [0.25, 0.3) is 0 Å². The summed E-state index contributed by atoms with van der Waals surface area (Å²) in [5.74, 6) is 0.563. The van der Waals surface area contributed by atoms with Gasteiger partial charge in [0.15, 0.2) is 11.6 Å². The zero-order chi connectivity index (χ0) is 10.7. The fourth-order valence-electron chi connectivity index (χ4n) is 1.46. The molecule has 3 heteroatoms. The minimum Gasteiger partial charge on any atom is -0.297 e. The van der Waals surface area contributed by atoms with Crippen LogP contribution in [-0.2, 0) is 0 Å². The highest BCUT2D eigenvalue weighted by Gasteiger charge is 2.10. The van der Waals surface area contributed by atoms with E-state index >= 15 is 0 Å². The first-order valence-electron chi connectivity index (χ1n) is 4.95. The van der Waals surface area contributed by atoms with Crippen LogP contribution in [0.4, 0.5) is 0 Å². The van der Waals surface area contributed by atoms with Gasteiger partial charge in [0.05, 0.1) is 0 Å². The van der Waals surface area contributed by atoms with E-state index in [1.807, 2.05) is 41.8 Å². The van der Waals surface area contributed by atoms with Crippen molar-refractivity contribution < 1.29 is 4.79 Å². The lowest BCUT2D eigenvalue weighted by molar-refractivity contribution is 0.0976. The molecule has 0 atom stereocenters. The number of hydrogen-bond acceptors (Lipinski definition) is 2. The summed E-state index contributed by atoms with van der Waals surface area (Å²) in [5, 5.41) is 0. The first-order chi connectivity index (χ1) is 7.33. The Labute approximate surface area is 88.4 Å². The number of imidazole rings is 1. The van der Waals surface area contributed by atoms with Gasteiger partial charge in [-0.25, -0.2) is 4.98 Å². The molecule has 1 aromatic heterocycles. The van der Waals surface area contributed by atoms with Crippen molar-refractivity contribution in [2.75, 3.05) is 0 Å². The van der Waals surface area contributed by atoms with Crippen molar-refractivity contribution in [1.29, 1.82) is 0 Å². The van der Waals surface area contributed by atoms with Crippen LogP contribution in [0.1, 0.15) is 24.0 Å². The average Bonchev–Trinajstić information content (AvgIpc) is 2.78. The van der Waals surface area contributed by atoms with Crippen LogP contribution in [0.3, 0.4) is 0 Å². The Morgan fingerprint density at radius 1 is 1.33 bits per heavy atom. The van der Waals surface area contributed by atoms with Crippen molar-refractivity contribution in [3.8, 4) is 5.69 Å². The molecule has 3 nitrogen and oxygen atoms in total. The van der Waals surface area contributed by atoms with Crippen LogP contribution in [0.25, 0.3) is 5.69 Å². The number of aromatic nitrogens is 2. The van der Waals surface area contributed by atoms with Crippen molar-refractivity contribution in [3.63, 3.8) is 0 Å². The molecule has 0 aliphatic heterocycles. The molecule has 15 heavy (non-hydrogen) atoms. The number of carbonyl (C=O) groups excluding carboxylic acids is 1. The first-order valence-corrected chi connectivity index (χ1v) is 4.95. The third-order valence-electron chi connectivity index (χ3n) is 2.25. The fraction of sp³-hybridized carbons (Fsp3) is 0.167. The Morgan fingerprint density at radius 2 is 2.07 bits per heavy atom. The van der Waals surface area contributed by atoms with Gasteiger partial charge < -0.3 is 0 Å². The molecule has 0 radical (unpaired) electrons. The van der Waals surface area contributed by atoms with Gasteiger partial charge in [-0.15, -0.1) is 0 Å². The zero-order valence-electron chi connectivity index (χ0n) is 8.55. The first kappa shape index (κ1) is 9.65. The van der Waals surface area contributed by atoms with Crippen molar-refractivity contribution in [2.24, 2.45) is 0 Å². The van der Waals surface area contributed by atoms with Crippen molar-refractivity contribution in [3.05, 3.63) is 48.5 Å². The monoisotopic (exact) mass is 200 g/mol. The number of rotatable bonds is 3. The average molecular weight is 200 g/mol. The van der Waals surface area contributed by atoms with Crippen molar-refractivity contribution in [2.45, 2.75) is 13.3 Å². The predicted octanol–water partition coefficient (Wildman–Crippen LogP) is 2.47. The molecule has 0 saturated heterocycles. The SMILES string of the molecule is CCC(=O)c1nccn1-c1ccccc1. The summed E-state index contributed by atoms with van der Waals surface area (Å²) in [6.45, 7) is 1.84. The lowest BCUT2D eigenvalue weighted by Gasteiger charge is -2.05. The minimum absolute atomic E-state index is 0.0591. The molecular weight excluding hydrogens is 188 g/mol. The Morgan fingerprint density at radius 3 is 2.73 bits per heavy atom. The summed E-state index contributed by atoms with van der Waals surface area (Å²) in [4.78, 5) is 15.7. The maximum atomic E-state index is 11.6. The summed E-state index contributed by atoms with van der Waals surface area (Å²) < 4.78 is 1.81. The van der Waals surface area contributed by atoms with E-state index in [-0.39, 0.29) is 5.78 Å². The Balaban J connectivity index is 2.46. The largest absolute Gasteiger partial charge is 0.297 e. The maximum absolute atomic E-state index is 11.6. The summed E-state index contributed by atoms with van der Waals surface area (Å²) in [5.41, 5.74) is 0.965. The Kier molecular flexibility index (Phi) is 2.63. The van der Waals surface area contributed by atoms with Gasteiger partial charge in [0, 0.05) is 24.5 Å². The minimum atomic E-state index is 0.0591. The van der Waals surface area contributed by atoms with Crippen LogP contribution in [-0.4, -0.2) is 15.3 Å². The smallest absolute Gasteiger partial charge is 0.198 e. The molecule has 0 fully saturated rings. The number of ketones is 1. The molecule has 1 heterocycles. The number of benzene rings is 1. The molecule has 76 valence electrons. The standard InChI is InChI=1S/C12H12N2O/c1-2-11(15)12-13-8-9-14(12)10-6-4-3-5-7-10/h3-9H,2H2,1H3. The topological polar surface area (TPSA) is 34.9 Å². The van der Waals surface area contributed by atoms with Gasteiger partial charge >= 0.3 is 0 Å². The van der Waals surface area contributed by atoms with E-state index in [4.69, 9.17) is 0 Å². The fourth-order valence-corrected chi connectivity index (χ4v) is 1.46. The molecule has 0 unspecified atom stereocenters. The number of nitrogens with zero attached hydrogens (tertiary/aromatic N) is 2. The molecule has 0 amide bonds. The molecule has 0 aliphatic carbocycles. The number of hydrogen-bond donors (Lipinski definition) is 0. The lowest BCUT2D eigenvalue weighted by Crippen LogP contribution is -2.07. The number of Topliss-reactive ketones (excluding diaryl/α,β-unsaturated/α-hetero) is 1. The summed E-state index contributed by atoms with van der Waals surface area (Å²) in [6, 6.07) is 9.73. The predicted molar refractivity (Wildman–Crippen MR) is 58.2 cm³/mol. The molecular formula is C12H12N2O.